The van der Waals surface area contributed by atoms with Gasteiger partial charge in [-0.05, 0) is 79.3 Å². The molecule has 0 saturated heterocycles. The van der Waals surface area contributed by atoms with Crippen LogP contribution in [0.2, 0.25) is 0 Å². The zero-order chi connectivity index (χ0) is 22.1. The molecule has 0 unspecified atom stereocenters. The largest absolute Gasteiger partial charge is 0.350 e. The SMILES string of the molecule is Cc1ccc(C2=C(Nc3cccc(C)c3C)C(=O)N(Cc3ccncc3)C2=O)cc1C. The van der Waals surface area contributed by atoms with E-state index in [0.29, 0.717) is 11.3 Å². The summed E-state index contributed by atoms with van der Waals surface area (Å²) in [6.07, 6.45) is 3.32. The highest BCUT2D eigenvalue weighted by Gasteiger charge is 2.39. The van der Waals surface area contributed by atoms with Crippen LogP contribution >= 0.6 is 0 Å². The summed E-state index contributed by atoms with van der Waals surface area (Å²) in [6, 6.07) is 15.4. The van der Waals surface area contributed by atoms with Gasteiger partial charge in [-0.25, -0.2) is 0 Å². The van der Waals surface area contributed by atoms with E-state index in [1.165, 1.54) is 4.90 Å². The fourth-order valence-electron chi connectivity index (χ4n) is 3.69. The van der Waals surface area contributed by atoms with E-state index < -0.39 is 0 Å². The van der Waals surface area contributed by atoms with Crippen LogP contribution in [0, 0.1) is 27.7 Å². The summed E-state index contributed by atoms with van der Waals surface area (Å²) in [5, 5.41) is 3.28. The zero-order valence-electron chi connectivity index (χ0n) is 18.2. The van der Waals surface area contributed by atoms with Crippen molar-refractivity contribution >= 4 is 23.1 Å². The Balaban J connectivity index is 1.80. The third-order valence-electron chi connectivity index (χ3n) is 5.92. The van der Waals surface area contributed by atoms with Gasteiger partial charge in [-0.2, -0.15) is 0 Å². The second-order valence-electron chi connectivity index (χ2n) is 7.97. The summed E-state index contributed by atoms with van der Waals surface area (Å²) < 4.78 is 0. The van der Waals surface area contributed by atoms with Crippen LogP contribution in [-0.2, 0) is 16.1 Å². The molecular weight excluding hydrogens is 386 g/mol. The number of aryl methyl sites for hydroxylation is 3. The van der Waals surface area contributed by atoms with Crippen molar-refractivity contribution in [3.63, 3.8) is 0 Å². The molecule has 5 heteroatoms. The smallest absolute Gasteiger partial charge is 0.278 e. The van der Waals surface area contributed by atoms with Gasteiger partial charge in [0, 0.05) is 18.1 Å². The molecule has 0 aliphatic carbocycles. The molecule has 0 radical (unpaired) electrons. The van der Waals surface area contributed by atoms with Gasteiger partial charge in [-0.1, -0.05) is 30.3 Å². The Bertz CT molecular complexity index is 1210. The predicted molar refractivity (Wildman–Crippen MR) is 122 cm³/mol. The molecule has 5 nitrogen and oxygen atoms in total. The van der Waals surface area contributed by atoms with Crippen LogP contribution in [0.15, 0.2) is 66.6 Å². The van der Waals surface area contributed by atoms with E-state index in [1.807, 2.05) is 76.2 Å². The molecule has 4 rings (SSSR count). The predicted octanol–water partition coefficient (Wildman–Crippen LogP) is 4.71. The molecule has 1 aromatic heterocycles. The van der Waals surface area contributed by atoms with Gasteiger partial charge < -0.3 is 5.32 Å². The second kappa shape index (κ2) is 8.19. The standard InChI is InChI=1S/C26H25N3O2/c1-16-8-9-21(14-18(16)3)23-24(28-22-7-5-6-17(2)19(22)4)26(31)29(25(23)30)15-20-10-12-27-13-11-20/h5-14,28H,15H2,1-4H3. The van der Waals surface area contributed by atoms with Crippen LogP contribution in [0.4, 0.5) is 5.69 Å². The first-order valence-corrected chi connectivity index (χ1v) is 10.3. The van der Waals surface area contributed by atoms with E-state index in [9.17, 15) is 9.59 Å². The fourth-order valence-corrected chi connectivity index (χ4v) is 3.69. The molecule has 2 heterocycles. The average Bonchev–Trinajstić information content (AvgIpc) is 2.98. The summed E-state index contributed by atoms with van der Waals surface area (Å²) in [5.74, 6) is -0.617. The summed E-state index contributed by atoms with van der Waals surface area (Å²) in [6.45, 7) is 8.26. The van der Waals surface area contributed by atoms with Crippen molar-refractivity contribution < 1.29 is 9.59 Å². The highest BCUT2D eigenvalue weighted by atomic mass is 16.2. The first-order valence-electron chi connectivity index (χ1n) is 10.3. The number of nitrogens with one attached hydrogen (secondary N) is 1. The number of nitrogens with zero attached hydrogens (tertiary/aromatic N) is 2. The van der Waals surface area contributed by atoms with Crippen LogP contribution in [0.1, 0.15) is 33.4 Å². The molecule has 156 valence electrons. The highest BCUT2D eigenvalue weighted by molar-refractivity contribution is 6.36. The van der Waals surface area contributed by atoms with Crippen molar-refractivity contribution in [1.82, 2.24) is 9.88 Å². The number of carbonyl (C=O) groups excluding carboxylic acids is 2. The minimum absolute atomic E-state index is 0.201. The summed E-state index contributed by atoms with van der Waals surface area (Å²) >= 11 is 0. The fraction of sp³-hybridized carbons (Fsp3) is 0.192. The van der Waals surface area contributed by atoms with Gasteiger partial charge in [-0.3, -0.25) is 19.5 Å². The van der Waals surface area contributed by atoms with Crippen molar-refractivity contribution in [2.75, 3.05) is 5.32 Å². The molecule has 1 aliphatic rings. The molecule has 2 amide bonds. The van der Waals surface area contributed by atoms with Crippen molar-refractivity contribution in [2.24, 2.45) is 0 Å². The lowest BCUT2D eigenvalue weighted by Crippen LogP contribution is -2.32. The van der Waals surface area contributed by atoms with E-state index in [0.717, 1.165) is 39.1 Å². The Morgan fingerprint density at radius 3 is 2.29 bits per heavy atom. The van der Waals surface area contributed by atoms with Gasteiger partial charge in [0.25, 0.3) is 11.8 Å². The number of hydrogen-bond acceptors (Lipinski definition) is 4. The van der Waals surface area contributed by atoms with Gasteiger partial charge in [-0.15, -0.1) is 0 Å². The van der Waals surface area contributed by atoms with Crippen molar-refractivity contribution in [1.29, 1.82) is 0 Å². The number of hydrogen-bond donors (Lipinski definition) is 1. The summed E-state index contributed by atoms with van der Waals surface area (Å²) in [5.41, 5.74) is 7.51. The van der Waals surface area contributed by atoms with Gasteiger partial charge in [0.05, 0.1) is 12.1 Å². The Hall–Kier alpha value is -3.73. The number of imide groups is 1. The van der Waals surface area contributed by atoms with Gasteiger partial charge in [0.15, 0.2) is 0 Å². The zero-order valence-corrected chi connectivity index (χ0v) is 18.2. The molecule has 0 fully saturated rings. The first-order chi connectivity index (χ1) is 14.9. The molecule has 0 atom stereocenters. The highest BCUT2D eigenvalue weighted by Crippen LogP contribution is 2.33. The van der Waals surface area contributed by atoms with E-state index >= 15 is 0 Å². The molecule has 0 spiro atoms. The second-order valence-corrected chi connectivity index (χ2v) is 7.97. The van der Waals surface area contributed by atoms with Crippen molar-refractivity contribution in [2.45, 2.75) is 34.2 Å². The maximum Gasteiger partial charge on any atom is 0.278 e. The summed E-state index contributed by atoms with van der Waals surface area (Å²) in [4.78, 5) is 32.2. The lowest BCUT2D eigenvalue weighted by Gasteiger charge is -2.16. The summed E-state index contributed by atoms with van der Waals surface area (Å²) in [7, 11) is 0. The molecule has 3 aromatic rings. The van der Waals surface area contributed by atoms with Gasteiger partial charge in [0.1, 0.15) is 5.70 Å². The molecule has 0 saturated carbocycles. The third kappa shape index (κ3) is 3.87. The van der Waals surface area contributed by atoms with Crippen LogP contribution < -0.4 is 5.32 Å². The Morgan fingerprint density at radius 2 is 1.58 bits per heavy atom. The Kier molecular flexibility index (Phi) is 5.42. The number of benzene rings is 2. The van der Waals surface area contributed by atoms with Crippen LogP contribution in [0.3, 0.4) is 0 Å². The van der Waals surface area contributed by atoms with Gasteiger partial charge in [0.2, 0.25) is 0 Å². The molecular formula is C26H25N3O2. The Morgan fingerprint density at radius 1 is 0.839 bits per heavy atom. The number of carbonyl (C=O) groups is 2. The third-order valence-corrected chi connectivity index (χ3v) is 5.92. The van der Waals surface area contributed by atoms with E-state index in [2.05, 4.69) is 10.3 Å². The number of amides is 2. The topological polar surface area (TPSA) is 62.3 Å². The molecule has 31 heavy (non-hydrogen) atoms. The average molecular weight is 412 g/mol. The number of pyridine rings is 1. The first kappa shape index (κ1) is 20.5. The van der Waals surface area contributed by atoms with Gasteiger partial charge >= 0.3 is 0 Å². The lowest BCUT2D eigenvalue weighted by atomic mass is 9.99. The van der Waals surface area contributed by atoms with E-state index in [4.69, 9.17) is 0 Å². The van der Waals surface area contributed by atoms with E-state index in [-0.39, 0.29) is 18.4 Å². The maximum absolute atomic E-state index is 13.5. The maximum atomic E-state index is 13.5. The molecule has 1 N–H and O–H groups in total. The quantitative estimate of drug-likeness (QED) is 0.618. The Labute approximate surface area is 182 Å². The molecule has 0 bridgehead atoms. The number of rotatable bonds is 5. The van der Waals surface area contributed by atoms with Crippen LogP contribution in [-0.4, -0.2) is 21.7 Å². The van der Waals surface area contributed by atoms with Crippen LogP contribution in [0.5, 0.6) is 0 Å². The van der Waals surface area contributed by atoms with Crippen LogP contribution in [0.25, 0.3) is 5.57 Å². The lowest BCUT2D eigenvalue weighted by molar-refractivity contribution is -0.137. The normalized spacial score (nSPS) is 13.9. The van der Waals surface area contributed by atoms with Crippen molar-refractivity contribution in [3.05, 3.63) is 100 Å². The number of anilines is 1. The minimum Gasteiger partial charge on any atom is -0.350 e. The molecule has 2 aromatic carbocycles. The molecule has 1 aliphatic heterocycles. The minimum atomic E-state index is -0.323. The van der Waals surface area contributed by atoms with E-state index in [1.54, 1.807) is 12.4 Å². The monoisotopic (exact) mass is 411 g/mol. The van der Waals surface area contributed by atoms with Crippen molar-refractivity contribution in [3.8, 4) is 0 Å². The number of aromatic nitrogens is 1.